The number of carbonyl (C=O) groups excluding carboxylic acids is 1. The summed E-state index contributed by atoms with van der Waals surface area (Å²) in [5.74, 6) is -0.814. The Labute approximate surface area is 138 Å². The van der Waals surface area contributed by atoms with Gasteiger partial charge in [-0.3, -0.25) is 4.79 Å². The Morgan fingerprint density at radius 3 is 2.70 bits per heavy atom. The van der Waals surface area contributed by atoms with Gasteiger partial charge in [0.05, 0.1) is 4.88 Å². The molecule has 0 radical (unpaired) electrons. The molecule has 20 heavy (non-hydrogen) atoms. The van der Waals surface area contributed by atoms with Gasteiger partial charge in [-0.25, -0.2) is 0 Å². The average Bonchev–Trinajstić information content (AvgIpc) is 3.02. The lowest BCUT2D eigenvalue weighted by Gasteiger charge is -2.10. The van der Waals surface area contributed by atoms with Crippen LogP contribution >= 0.6 is 57.9 Å². The molecule has 0 saturated heterocycles. The van der Waals surface area contributed by atoms with Crippen LogP contribution in [0.4, 0.5) is 0 Å². The van der Waals surface area contributed by atoms with E-state index in [0.29, 0.717) is 16.3 Å². The zero-order valence-corrected chi connectivity index (χ0v) is 13.8. The van der Waals surface area contributed by atoms with Gasteiger partial charge in [0.2, 0.25) is 0 Å². The van der Waals surface area contributed by atoms with E-state index in [-0.39, 0.29) is 0 Å². The number of alkyl halides is 3. The summed E-state index contributed by atoms with van der Waals surface area (Å²) in [6, 6.07) is 5.69. The zero-order valence-electron chi connectivity index (χ0n) is 9.93. The number of aromatic nitrogens is 2. The summed E-state index contributed by atoms with van der Waals surface area (Å²) in [5.41, 5.74) is 0.706. The van der Waals surface area contributed by atoms with Gasteiger partial charge < -0.3 is 0 Å². The monoisotopic (exact) mass is 365 g/mol. The zero-order chi connectivity index (χ0) is 14.9. The molecule has 0 spiro atoms. The van der Waals surface area contributed by atoms with E-state index in [9.17, 15) is 10.1 Å². The Hall–Kier alpha value is -0.710. The molecule has 9 heteroatoms. The number of thioether (sulfide) groups is 1. The van der Waals surface area contributed by atoms with Gasteiger partial charge in [-0.2, -0.15) is 15.0 Å². The molecule has 0 aliphatic carbocycles. The molecule has 0 amide bonds. The molecule has 4 nitrogen and oxygen atoms in total. The predicted molar refractivity (Wildman–Crippen MR) is 83.0 cm³/mol. The van der Waals surface area contributed by atoms with E-state index in [1.54, 1.807) is 6.26 Å². The third-order valence-corrected chi connectivity index (χ3v) is 4.46. The molecule has 0 unspecified atom stereocenters. The second kappa shape index (κ2) is 5.96. The summed E-state index contributed by atoms with van der Waals surface area (Å²) in [5, 5.41) is 15.7. The number of hydrogen-bond donors (Lipinski definition) is 0. The Bertz CT molecular complexity index is 683. The van der Waals surface area contributed by atoms with Crippen LogP contribution in [0, 0.1) is 11.3 Å². The topological polar surface area (TPSA) is 58.7 Å². The van der Waals surface area contributed by atoms with Gasteiger partial charge in [0, 0.05) is 0 Å². The number of hydrogen-bond acceptors (Lipinski definition) is 5. The normalized spacial score (nSPS) is 11.3. The lowest BCUT2D eigenvalue weighted by molar-refractivity contribution is 0.0891. The SMILES string of the molecule is CSc1c(C#N)c(-c2cccs2)nn1C(=O)C(Cl)(Cl)Cl. The van der Waals surface area contributed by atoms with Gasteiger partial charge >= 0.3 is 0 Å². The highest BCUT2D eigenvalue weighted by molar-refractivity contribution is 7.98. The molecule has 2 heterocycles. The fourth-order valence-electron chi connectivity index (χ4n) is 1.54. The van der Waals surface area contributed by atoms with Crippen molar-refractivity contribution >= 4 is 63.8 Å². The van der Waals surface area contributed by atoms with Gasteiger partial charge in [0.1, 0.15) is 22.4 Å². The molecule has 2 aromatic rings. The minimum absolute atomic E-state index is 0.294. The van der Waals surface area contributed by atoms with Crippen molar-refractivity contribution in [1.82, 2.24) is 9.78 Å². The molecule has 0 aromatic carbocycles. The maximum absolute atomic E-state index is 12.1. The van der Waals surface area contributed by atoms with Crippen LogP contribution in [-0.4, -0.2) is 25.7 Å². The van der Waals surface area contributed by atoms with Crippen molar-refractivity contribution in [2.75, 3.05) is 6.26 Å². The van der Waals surface area contributed by atoms with Crippen molar-refractivity contribution in [2.45, 2.75) is 8.82 Å². The largest absolute Gasteiger partial charge is 0.300 e. The molecular weight excluding hydrogens is 361 g/mol. The van der Waals surface area contributed by atoms with Gasteiger partial charge in [-0.1, -0.05) is 40.9 Å². The van der Waals surface area contributed by atoms with E-state index in [1.807, 2.05) is 17.5 Å². The van der Waals surface area contributed by atoms with Crippen molar-refractivity contribution < 1.29 is 4.79 Å². The van der Waals surface area contributed by atoms with Crippen LogP contribution in [0.5, 0.6) is 0 Å². The first-order valence-corrected chi connectivity index (χ1v) is 8.36. The minimum Gasteiger partial charge on any atom is -0.267 e. The van der Waals surface area contributed by atoms with Gasteiger partial charge in [-0.15, -0.1) is 23.1 Å². The molecule has 0 aliphatic heterocycles. The van der Waals surface area contributed by atoms with Crippen LogP contribution in [0.15, 0.2) is 22.5 Å². The van der Waals surface area contributed by atoms with Crippen LogP contribution in [0.25, 0.3) is 10.6 Å². The second-order valence-corrected chi connectivity index (χ2v) is 7.56. The number of rotatable bonds is 2. The minimum atomic E-state index is -2.13. The fraction of sp³-hybridized carbons (Fsp3) is 0.182. The first kappa shape index (κ1) is 15.7. The first-order chi connectivity index (χ1) is 9.40. The number of thiophene rings is 1. The molecule has 2 rings (SSSR count). The first-order valence-electron chi connectivity index (χ1n) is 5.12. The van der Waals surface area contributed by atoms with Crippen molar-refractivity contribution in [3.05, 3.63) is 23.1 Å². The predicted octanol–water partition coefficient (Wildman–Crippen LogP) is 4.22. The summed E-state index contributed by atoms with van der Waals surface area (Å²) in [7, 11) is 0. The fourth-order valence-corrected chi connectivity index (χ4v) is 3.13. The Balaban J connectivity index is 2.66. The Kier molecular flexibility index (Phi) is 4.67. The second-order valence-electron chi connectivity index (χ2n) is 3.54. The summed E-state index contributed by atoms with van der Waals surface area (Å²) in [4.78, 5) is 12.9. The van der Waals surface area contributed by atoms with E-state index in [2.05, 4.69) is 11.2 Å². The van der Waals surface area contributed by atoms with Crippen LogP contribution in [0.3, 0.4) is 0 Å². The number of nitriles is 1. The third-order valence-electron chi connectivity index (χ3n) is 2.34. The molecule has 0 bridgehead atoms. The highest BCUT2D eigenvalue weighted by Gasteiger charge is 2.36. The van der Waals surface area contributed by atoms with Gasteiger partial charge in [0.25, 0.3) is 9.70 Å². The summed E-state index contributed by atoms with van der Waals surface area (Å²) in [6.45, 7) is 0. The van der Waals surface area contributed by atoms with Crippen LogP contribution in [0.1, 0.15) is 10.4 Å². The standard InChI is InChI=1S/C11H6Cl3N3OS2/c1-19-9-6(5-15)8(7-3-2-4-20-7)16-17(9)10(18)11(12,13)14/h2-4H,1H3. The van der Waals surface area contributed by atoms with E-state index in [4.69, 9.17) is 34.8 Å². The molecule has 2 aromatic heterocycles. The summed E-state index contributed by atoms with van der Waals surface area (Å²) < 4.78 is -1.15. The highest BCUT2D eigenvalue weighted by atomic mass is 35.6. The maximum atomic E-state index is 12.1. The maximum Gasteiger partial charge on any atom is 0.300 e. The number of halogens is 3. The smallest absolute Gasteiger partial charge is 0.267 e. The quantitative estimate of drug-likeness (QED) is 0.590. The lowest BCUT2D eigenvalue weighted by Crippen LogP contribution is -2.27. The van der Waals surface area contributed by atoms with E-state index < -0.39 is 9.70 Å². The van der Waals surface area contributed by atoms with Crippen molar-refractivity contribution in [1.29, 1.82) is 5.26 Å². The molecule has 104 valence electrons. The van der Waals surface area contributed by atoms with Gasteiger partial charge in [0.15, 0.2) is 0 Å². The van der Waals surface area contributed by atoms with Crippen LogP contribution in [0.2, 0.25) is 0 Å². The van der Waals surface area contributed by atoms with Crippen LogP contribution < -0.4 is 0 Å². The van der Waals surface area contributed by atoms with E-state index in [1.165, 1.54) is 23.1 Å². The van der Waals surface area contributed by atoms with E-state index >= 15 is 0 Å². The van der Waals surface area contributed by atoms with Crippen LogP contribution in [-0.2, 0) is 0 Å². The number of nitrogens with zero attached hydrogens (tertiary/aromatic N) is 3. The Morgan fingerprint density at radius 2 is 2.25 bits per heavy atom. The summed E-state index contributed by atoms with van der Waals surface area (Å²) in [6.07, 6.45) is 1.72. The van der Waals surface area contributed by atoms with Crippen molar-refractivity contribution in [3.8, 4) is 16.6 Å². The van der Waals surface area contributed by atoms with Crippen molar-refractivity contribution in [3.63, 3.8) is 0 Å². The third kappa shape index (κ3) is 2.83. The molecule has 0 N–H and O–H groups in total. The number of carbonyl (C=O) groups is 1. The molecule has 0 fully saturated rings. The average molecular weight is 367 g/mol. The van der Waals surface area contributed by atoms with Gasteiger partial charge in [-0.05, 0) is 17.7 Å². The molecule has 0 saturated carbocycles. The Morgan fingerprint density at radius 1 is 1.55 bits per heavy atom. The summed E-state index contributed by atoms with van der Waals surface area (Å²) >= 11 is 19.4. The highest BCUT2D eigenvalue weighted by Crippen LogP contribution is 2.35. The molecular formula is C11H6Cl3N3OS2. The van der Waals surface area contributed by atoms with E-state index in [0.717, 1.165) is 9.56 Å². The molecule has 0 atom stereocenters. The lowest BCUT2D eigenvalue weighted by atomic mass is 10.2. The molecule has 0 aliphatic rings. The van der Waals surface area contributed by atoms with Crippen molar-refractivity contribution in [2.24, 2.45) is 0 Å².